The molecule has 0 aliphatic heterocycles. The van der Waals surface area contributed by atoms with Gasteiger partial charge in [0.2, 0.25) is 0 Å². The zero-order valence-corrected chi connectivity index (χ0v) is 17.1. The summed E-state index contributed by atoms with van der Waals surface area (Å²) in [6.07, 6.45) is 4.45. The van der Waals surface area contributed by atoms with Gasteiger partial charge in [-0.05, 0) is 48.9 Å². The van der Waals surface area contributed by atoms with Crippen LogP contribution in [0, 0.1) is 0 Å². The minimum Gasteiger partial charge on any atom is -0.268 e. The molecule has 0 bridgehead atoms. The average molecular weight is 405 g/mol. The Balaban J connectivity index is 1.68. The third-order valence-electron chi connectivity index (χ3n) is 5.18. The first kappa shape index (κ1) is 17.7. The van der Waals surface area contributed by atoms with Crippen LogP contribution in [-0.4, -0.2) is 9.55 Å². The molecule has 0 saturated carbocycles. The first-order chi connectivity index (χ1) is 13.8. The van der Waals surface area contributed by atoms with Gasteiger partial charge in [-0.2, -0.15) is 0 Å². The number of thioether (sulfide) groups is 1. The molecule has 0 spiro atoms. The Bertz CT molecular complexity index is 1180. The molecule has 0 radical (unpaired) electrons. The smallest absolute Gasteiger partial charge is 0.267 e. The lowest BCUT2D eigenvalue weighted by atomic mass is 9.97. The van der Waals surface area contributed by atoms with Crippen LogP contribution in [0.5, 0.6) is 0 Å². The zero-order valence-electron chi connectivity index (χ0n) is 15.4. The van der Waals surface area contributed by atoms with E-state index in [-0.39, 0.29) is 5.56 Å². The van der Waals surface area contributed by atoms with E-state index in [0.717, 1.165) is 46.1 Å². The van der Waals surface area contributed by atoms with Crippen molar-refractivity contribution in [2.75, 3.05) is 0 Å². The fourth-order valence-electron chi connectivity index (χ4n) is 3.81. The van der Waals surface area contributed by atoms with Crippen LogP contribution in [0.4, 0.5) is 0 Å². The molecule has 140 valence electrons. The number of nitrogens with zero attached hydrogens (tertiary/aromatic N) is 2. The second-order valence-electron chi connectivity index (χ2n) is 7.04. The molecule has 0 unspecified atom stereocenters. The molecule has 1 aliphatic rings. The van der Waals surface area contributed by atoms with Crippen molar-refractivity contribution in [2.24, 2.45) is 0 Å². The summed E-state index contributed by atoms with van der Waals surface area (Å²) in [5.41, 5.74) is 3.43. The van der Waals surface area contributed by atoms with Gasteiger partial charge in [-0.3, -0.25) is 9.36 Å². The molecule has 0 amide bonds. The van der Waals surface area contributed by atoms with Gasteiger partial charge in [0, 0.05) is 10.6 Å². The Morgan fingerprint density at radius 3 is 2.46 bits per heavy atom. The van der Waals surface area contributed by atoms with E-state index >= 15 is 0 Å². The summed E-state index contributed by atoms with van der Waals surface area (Å²) in [4.78, 5) is 20.8. The Hall–Kier alpha value is -2.37. The Kier molecular flexibility index (Phi) is 4.79. The average Bonchev–Trinajstić information content (AvgIpc) is 3.12. The first-order valence-electron chi connectivity index (χ1n) is 9.61. The van der Waals surface area contributed by atoms with E-state index in [9.17, 15) is 4.79 Å². The van der Waals surface area contributed by atoms with Crippen LogP contribution in [0.15, 0.2) is 70.6 Å². The molecule has 3 nitrogen and oxygen atoms in total. The monoisotopic (exact) mass is 404 g/mol. The van der Waals surface area contributed by atoms with Crippen LogP contribution >= 0.6 is 23.1 Å². The molecule has 28 heavy (non-hydrogen) atoms. The number of fused-ring (bicyclic) bond motifs is 3. The minimum atomic E-state index is 0.0751. The van der Waals surface area contributed by atoms with E-state index < -0.39 is 0 Å². The second kappa shape index (κ2) is 7.57. The number of aromatic nitrogens is 2. The molecule has 0 fully saturated rings. The summed E-state index contributed by atoms with van der Waals surface area (Å²) in [5, 5.41) is 1.61. The number of benzene rings is 2. The summed E-state index contributed by atoms with van der Waals surface area (Å²) in [5.74, 6) is 0.788. The minimum absolute atomic E-state index is 0.0751. The predicted molar refractivity (Wildman–Crippen MR) is 118 cm³/mol. The molecule has 4 aromatic rings. The molecule has 5 heteroatoms. The molecule has 0 saturated heterocycles. The highest BCUT2D eigenvalue weighted by Crippen LogP contribution is 2.35. The van der Waals surface area contributed by atoms with Gasteiger partial charge in [0.05, 0.1) is 11.1 Å². The number of rotatable bonds is 4. The Morgan fingerprint density at radius 1 is 0.964 bits per heavy atom. The zero-order chi connectivity index (χ0) is 18.9. The van der Waals surface area contributed by atoms with Crippen LogP contribution in [0.2, 0.25) is 0 Å². The maximum absolute atomic E-state index is 13.6. The van der Waals surface area contributed by atoms with Crippen LogP contribution in [-0.2, 0) is 18.6 Å². The van der Waals surface area contributed by atoms with E-state index in [0.29, 0.717) is 0 Å². The van der Waals surface area contributed by atoms with Gasteiger partial charge < -0.3 is 0 Å². The van der Waals surface area contributed by atoms with E-state index in [1.54, 1.807) is 27.7 Å². The normalized spacial score (nSPS) is 13.6. The quantitative estimate of drug-likeness (QED) is 0.327. The van der Waals surface area contributed by atoms with Gasteiger partial charge in [-0.25, -0.2) is 4.98 Å². The topological polar surface area (TPSA) is 34.9 Å². The molecule has 5 rings (SSSR count). The summed E-state index contributed by atoms with van der Waals surface area (Å²) in [7, 11) is 0. The van der Waals surface area contributed by atoms with E-state index in [2.05, 4.69) is 12.1 Å². The maximum atomic E-state index is 13.6. The van der Waals surface area contributed by atoms with Crippen molar-refractivity contribution in [3.05, 3.63) is 87.0 Å². The van der Waals surface area contributed by atoms with Crippen molar-refractivity contribution in [3.8, 4) is 5.69 Å². The highest BCUT2D eigenvalue weighted by molar-refractivity contribution is 7.98. The van der Waals surface area contributed by atoms with Crippen molar-refractivity contribution in [1.29, 1.82) is 0 Å². The molecule has 2 aromatic carbocycles. The van der Waals surface area contributed by atoms with Gasteiger partial charge in [-0.1, -0.05) is 60.3 Å². The first-order valence-corrected chi connectivity index (χ1v) is 11.4. The van der Waals surface area contributed by atoms with Crippen molar-refractivity contribution < 1.29 is 0 Å². The van der Waals surface area contributed by atoms with E-state index in [1.165, 1.54) is 22.4 Å². The second-order valence-corrected chi connectivity index (χ2v) is 9.06. The lowest BCUT2D eigenvalue weighted by molar-refractivity contribution is 0.699. The molecule has 2 aromatic heterocycles. The van der Waals surface area contributed by atoms with Crippen molar-refractivity contribution in [2.45, 2.75) is 36.6 Å². The van der Waals surface area contributed by atoms with Gasteiger partial charge in [0.25, 0.3) is 5.56 Å². The standard InChI is InChI=1S/C23H20N2OS2/c26-22-20-18-13-7-8-14-19(18)28-21(20)24-23(25(22)17-11-5-2-6-12-17)27-15-16-9-3-1-4-10-16/h1-6,9-12H,7-8,13-15H2. The highest BCUT2D eigenvalue weighted by Gasteiger charge is 2.22. The van der Waals surface area contributed by atoms with Gasteiger partial charge >= 0.3 is 0 Å². The number of thiophene rings is 1. The summed E-state index contributed by atoms with van der Waals surface area (Å²) < 4.78 is 1.80. The highest BCUT2D eigenvalue weighted by atomic mass is 32.2. The molecular formula is C23H20N2OS2. The molecule has 1 aliphatic carbocycles. The molecule has 0 atom stereocenters. The number of aryl methyl sites for hydroxylation is 2. The van der Waals surface area contributed by atoms with Crippen LogP contribution in [0.1, 0.15) is 28.8 Å². The van der Waals surface area contributed by atoms with Crippen LogP contribution in [0.3, 0.4) is 0 Å². The van der Waals surface area contributed by atoms with Crippen molar-refractivity contribution in [1.82, 2.24) is 9.55 Å². The van der Waals surface area contributed by atoms with Crippen LogP contribution in [0.25, 0.3) is 15.9 Å². The lowest BCUT2D eigenvalue weighted by Crippen LogP contribution is -2.22. The molecule has 0 N–H and O–H groups in total. The molecule has 2 heterocycles. The maximum Gasteiger partial charge on any atom is 0.267 e. The summed E-state index contributed by atoms with van der Waals surface area (Å²) >= 11 is 3.34. The summed E-state index contributed by atoms with van der Waals surface area (Å²) in [6.45, 7) is 0. The summed E-state index contributed by atoms with van der Waals surface area (Å²) in [6, 6.07) is 20.2. The van der Waals surface area contributed by atoms with Gasteiger partial charge in [0.15, 0.2) is 5.16 Å². The lowest BCUT2D eigenvalue weighted by Gasteiger charge is -2.13. The third kappa shape index (κ3) is 3.19. The molecular weight excluding hydrogens is 384 g/mol. The van der Waals surface area contributed by atoms with Crippen molar-refractivity contribution in [3.63, 3.8) is 0 Å². The largest absolute Gasteiger partial charge is 0.268 e. The number of para-hydroxylation sites is 1. The van der Waals surface area contributed by atoms with Gasteiger partial charge in [0.1, 0.15) is 4.83 Å². The number of hydrogen-bond donors (Lipinski definition) is 0. The fraction of sp³-hybridized carbons (Fsp3) is 0.217. The van der Waals surface area contributed by atoms with Crippen LogP contribution < -0.4 is 5.56 Å². The van der Waals surface area contributed by atoms with Gasteiger partial charge in [-0.15, -0.1) is 11.3 Å². The van der Waals surface area contributed by atoms with Crippen molar-refractivity contribution >= 4 is 33.3 Å². The number of hydrogen-bond acceptors (Lipinski definition) is 4. The Labute approximate surface area is 172 Å². The van der Waals surface area contributed by atoms with E-state index in [4.69, 9.17) is 4.98 Å². The predicted octanol–water partition coefficient (Wildman–Crippen LogP) is 5.62. The fourth-order valence-corrected chi connectivity index (χ4v) is 6.08. The Morgan fingerprint density at radius 2 is 1.68 bits per heavy atom. The third-order valence-corrected chi connectivity index (χ3v) is 7.38. The SMILES string of the molecule is O=c1c2c3c(sc2nc(SCc2ccccc2)n1-c1ccccc1)CCCC3. The van der Waals surface area contributed by atoms with E-state index in [1.807, 2.05) is 48.5 Å².